The van der Waals surface area contributed by atoms with Gasteiger partial charge in [-0.15, -0.1) is 0 Å². The molecule has 6 rings (SSSR count). The highest BCUT2D eigenvalue weighted by atomic mass is 16.5. The first-order valence-electron chi connectivity index (χ1n) is 12.1. The van der Waals surface area contributed by atoms with Gasteiger partial charge in [-0.25, -0.2) is 4.79 Å². The van der Waals surface area contributed by atoms with Gasteiger partial charge in [-0.05, 0) is 85.0 Å². The van der Waals surface area contributed by atoms with Crippen molar-refractivity contribution in [3.63, 3.8) is 0 Å². The molecule has 4 heteroatoms. The number of hydrogen-bond donors (Lipinski definition) is 0. The van der Waals surface area contributed by atoms with Crippen LogP contribution >= 0.6 is 0 Å². The normalized spacial score (nSPS) is 13.8. The van der Waals surface area contributed by atoms with E-state index in [4.69, 9.17) is 4.74 Å². The molecule has 0 atom stereocenters. The van der Waals surface area contributed by atoms with Crippen molar-refractivity contribution in [1.29, 1.82) is 0 Å². The molecule has 0 aliphatic carbocycles. The third-order valence-corrected chi connectivity index (χ3v) is 7.07. The molecule has 0 saturated heterocycles. The number of aryl methyl sites for hydroxylation is 3. The Labute approximate surface area is 206 Å². The highest BCUT2D eigenvalue weighted by Gasteiger charge is 2.30. The van der Waals surface area contributed by atoms with E-state index in [0.29, 0.717) is 11.3 Å². The molecule has 0 N–H and O–H groups in total. The van der Waals surface area contributed by atoms with Crippen molar-refractivity contribution in [2.75, 3.05) is 16.5 Å². The second-order valence-electron chi connectivity index (χ2n) is 9.71. The van der Waals surface area contributed by atoms with Gasteiger partial charge in [0.05, 0.1) is 12.2 Å². The fourth-order valence-electron chi connectivity index (χ4n) is 5.35. The zero-order chi connectivity index (χ0) is 24.1. The SMILES string of the molecule is Cc1ccc(OC(=O)c2cccc(C)c2-c2ccc3c(c2)CN2CN3Cc3cc(C)ccc32)cc1. The van der Waals surface area contributed by atoms with Crippen molar-refractivity contribution in [2.45, 2.75) is 33.9 Å². The van der Waals surface area contributed by atoms with Gasteiger partial charge in [0.1, 0.15) is 5.75 Å². The molecule has 2 aliphatic heterocycles. The minimum absolute atomic E-state index is 0.334. The molecular formula is C31H28N2O2. The van der Waals surface area contributed by atoms with Crippen LogP contribution in [-0.4, -0.2) is 12.6 Å². The monoisotopic (exact) mass is 460 g/mol. The summed E-state index contributed by atoms with van der Waals surface area (Å²) in [5.74, 6) is 0.222. The van der Waals surface area contributed by atoms with Crippen molar-refractivity contribution < 1.29 is 9.53 Å². The molecule has 174 valence electrons. The average Bonchev–Trinajstić information content (AvgIpc) is 2.85. The van der Waals surface area contributed by atoms with Crippen molar-refractivity contribution in [1.82, 2.24) is 0 Å². The molecule has 4 nitrogen and oxygen atoms in total. The Morgan fingerprint density at radius 1 is 0.743 bits per heavy atom. The standard InChI is InChI=1S/C31H28N2O2/c1-20-7-11-26(12-8-20)35-31(34)27-6-4-5-22(3)30(27)23-10-14-29-25(16-23)18-33-19-32(29)17-24-15-21(2)9-13-28(24)33/h4-16H,17-19H2,1-3H3. The van der Waals surface area contributed by atoms with Gasteiger partial charge in [-0.3, -0.25) is 0 Å². The predicted octanol–water partition coefficient (Wildman–Crippen LogP) is 6.80. The number of esters is 1. The van der Waals surface area contributed by atoms with Gasteiger partial charge >= 0.3 is 5.97 Å². The maximum absolute atomic E-state index is 13.2. The van der Waals surface area contributed by atoms with E-state index in [2.05, 4.69) is 66.1 Å². The molecule has 4 aromatic carbocycles. The molecule has 4 aromatic rings. The van der Waals surface area contributed by atoms with Gasteiger partial charge in [0.15, 0.2) is 0 Å². The minimum Gasteiger partial charge on any atom is -0.423 e. The Balaban J connectivity index is 1.36. The minimum atomic E-state index is -0.334. The lowest BCUT2D eigenvalue weighted by atomic mass is 9.92. The number of carbonyl (C=O) groups is 1. The third kappa shape index (κ3) is 3.85. The number of nitrogens with zero attached hydrogens (tertiary/aromatic N) is 2. The zero-order valence-electron chi connectivity index (χ0n) is 20.3. The van der Waals surface area contributed by atoms with Gasteiger partial charge in [-0.1, -0.05) is 53.6 Å². The van der Waals surface area contributed by atoms with Crippen LogP contribution in [-0.2, 0) is 13.1 Å². The molecule has 0 radical (unpaired) electrons. The van der Waals surface area contributed by atoms with E-state index in [9.17, 15) is 4.79 Å². The van der Waals surface area contributed by atoms with Crippen molar-refractivity contribution in [3.05, 3.63) is 112 Å². The molecule has 0 amide bonds. The highest BCUT2D eigenvalue weighted by Crippen LogP contribution is 2.40. The number of fused-ring (bicyclic) bond motifs is 6. The number of rotatable bonds is 3. The number of anilines is 2. The van der Waals surface area contributed by atoms with Crippen LogP contribution in [0.2, 0.25) is 0 Å². The fraction of sp³-hybridized carbons (Fsp3) is 0.194. The zero-order valence-corrected chi connectivity index (χ0v) is 20.3. The summed E-state index contributed by atoms with van der Waals surface area (Å²) in [6.45, 7) is 8.89. The first-order valence-corrected chi connectivity index (χ1v) is 12.1. The summed E-state index contributed by atoms with van der Waals surface area (Å²) >= 11 is 0. The molecule has 0 fully saturated rings. The maximum atomic E-state index is 13.2. The van der Waals surface area contributed by atoms with Gasteiger partial charge in [0.25, 0.3) is 0 Å². The highest BCUT2D eigenvalue weighted by molar-refractivity contribution is 5.99. The van der Waals surface area contributed by atoms with Crippen LogP contribution in [0.4, 0.5) is 11.4 Å². The Kier molecular flexibility index (Phi) is 5.10. The second-order valence-corrected chi connectivity index (χ2v) is 9.71. The Morgan fingerprint density at radius 3 is 2.14 bits per heavy atom. The van der Waals surface area contributed by atoms with Crippen LogP contribution in [0.1, 0.15) is 38.2 Å². The van der Waals surface area contributed by atoms with E-state index in [1.165, 1.54) is 28.1 Å². The lowest BCUT2D eigenvalue weighted by Crippen LogP contribution is -2.46. The smallest absolute Gasteiger partial charge is 0.344 e. The Hall–Kier alpha value is -4.05. The molecule has 0 saturated carbocycles. The summed E-state index contributed by atoms with van der Waals surface area (Å²) in [6, 6.07) is 26.7. The van der Waals surface area contributed by atoms with Crippen LogP contribution in [0, 0.1) is 20.8 Å². The molecule has 2 aliphatic rings. The number of carbonyl (C=O) groups excluding carboxylic acids is 1. The second kappa shape index (κ2) is 8.31. The molecule has 0 unspecified atom stereocenters. The first-order chi connectivity index (χ1) is 17.0. The van der Waals surface area contributed by atoms with E-state index in [1.54, 1.807) is 0 Å². The van der Waals surface area contributed by atoms with Crippen molar-refractivity contribution in [2.24, 2.45) is 0 Å². The van der Waals surface area contributed by atoms with Crippen molar-refractivity contribution in [3.8, 4) is 16.9 Å². The first kappa shape index (κ1) is 21.5. The molecule has 2 heterocycles. The number of ether oxygens (including phenoxy) is 1. The van der Waals surface area contributed by atoms with Crippen LogP contribution in [0.5, 0.6) is 5.75 Å². The van der Waals surface area contributed by atoms with Gasteiger partial charge in [0.2, 0.25) is 0 Å². The Bertz CT molecular complexity index is 1460. The van der Waals surface area contributed by atoms with Gasteiger partial charge in [0, 0.05) is 24.5 Å². The molecule has 35 heavy (non-hydrogen) atoms. The molecule has 0 aromatic heterocycles. The summed E-state index contributed by atoms with van der Waals surface area (Å²) in [6.07, 6.45) is 0. The Morgan fingerprint density at radius 2 is 1.40 bits per heavy atom. The maximum Gasteiger partial charge on any atom is 0.344 e. The van der Waals surface area contributed by atoms with Crippen LogP contribution < -0.4 is 14.5 Å². The molecule has 0 spiro atoms. The summed E-state index contributed by atoms with van der Waals surface area (Å²) in [5.41, 5.74) is 11.3. The van der Waals surface area contributed by atoms with Crippen LogP contribution in [0.15, 0.2) is 78.9 Å². The van der Waals surface area contributed by atoms with Crippen LogP contribution in [0.25, 0.3) is 11.1 Å². The summed E-state index contributed by atoms with van der Waals surface area (Å²) < 4.78 is 5.74. The summed E-state index contributed by atoms with van der Waals surface area (Å²) in [7, 11) is 0. The topological polar surface area (TPSA) is 32.8 Å². The van der Waals surface area contributed by atoms with E-state index >= 15 is 0 Å². The fourth-order valence-corrected chi connectivity index (χ4v) is 5.35. The van der Waals surface area contributed by atoms with Gasteiger partial charge in [-0.2, -0.15) is 0 Å². The van der Waals surface area contributed by atoms with E-state index in [0.717, 1.165) is 42.0 Å². The van der Waals surface area contributed by atoms with Crippen LogP contribution in [0.3, 0.4) is 0 Å². The molecular weight excluding hydrogens is 432 g/mol. The number of hydrogen-bond acceptors (Lipinski definition) is 4. The average molecular weight is 461 g/mol. The predicted molar refractivity (Wildman–Crippen MR) is 141 cm³/mol. The van der Waals surface area contributed by atoms with E-state index in [-0.39, 0.29) is 5.97 Å². The number of benzene rings is 4. The van der Waals surface area contributed by atoms with Gasteiger partial charge < -0.3 is 14.5 Å². The molecule has 2 bridgehead atoms. The summed E-state index contributed by atoms with van der Waals surface area (Å²) in [5, 5.41) is 0. The lowest BCUT2D eigenvalue weighted by Gasteiger charge is -2.45. The third-order valence-electron chi connectivity index (χ3n) is 7.07. The summed E-state index contributed by atoms with van der Waals surface area (Å²) in [4.78, 5) is 18.1. The van der Waals surface area contributed by atoms with E-state index in [1.807, 2.05) is 43.3 Å². The van der Waals surface area contributed by atoms with Crippen molar-refractivity contribution >= 4 is 17.3 Å². The largest absolute Gasteiger partial charge is 0.423 e. The lowest BCUT2D eigenvalue weighted by molar-refractivity contribution is 0.0735. The quantitative estimate of drug-likeness (QED) is 0.249. The van der Waals surface area contributed by atoms with E-state index < -0.39 is 0 Å².